The number of hydrogen-bond donors (Lipinski definition) is 2. The van der Waals surface area contributed by atoms with E-state index in [4.69, 9.17) is 0 Å². The van der Waals surface area contributed by atoms with Crippen molar-refractivity contribution in [2.75, 3.05) is 0 Å². The van der Waals surface area contributed by atoms with Crippen molar-refractivity contribution in [1.82, 2.24) is 10.6 Å². The summed E-state index contributed by atoms with van der Waals surface area (Å²) in [6.07, 6.45) is 6.62. The Kier molecular flexibility index (Phi) is 10.3. The van der Waals surface area contributed by atoms with Crippen LogP contribution in [0, 0.1) is 5.41 Å². The summed E-state index contributed by atoms with van der Waals surface area (Å²) in [4.78, 5) is 21.0. The van der Waals surface area contributed by atoms with Gasteiger partial charge in [-0.2, -0.15) is 0 Å². The van der Waals surface area contributed by atoms with Crippen molar-refractivity contribution in [3.05, 3.63) is 0 Å². The summed E-state index contributed by atoms with van der Waals surface area (Å²) >= 11 is 0.500. The minimum atomic E-state index is 0.198. The van der Waals surface area contributed by atoms with E-state index in [0.29, 0.717) is 19.2 Å². The average molecular weight is 304 g/mol. The Morgan fingerprint density at radius 3 is 1.68 bits per heavy atom. The number of carbonyl (C=O) groups excluding carboxylic acids is 2. The molecule has 19 heavy (non-hydrogen) atoms. The van der Waals surface area contributed by atoms with E-state index < -0.39 is 0 Å². The number of nitrogens with one attached hydrogen (secondary N) is 2. The normalized spacial score (nSPS) is 24.4. The standard InChI is InChI=1S/C12H22N2O2.2CH3.Ti/c1-3-12(4-2)6-10(13-8-15)5-11(7-12)14-9-16;;;/h8-11H,3-7H2,1-2H3,(H,13,15)(H,14,16);2*1H3;. The van der Waals surface area contributed by atoms with E-state index in [9.17, 15) is 9.59 Å². The van der Waals surface area contributed by atoms with Crippen LogP contribution in [0.25, 0.3) is 0 Å². The van der Waals surface area contributed by atoms with Crippen LogP contribution in [0.4, 0.5) is 0 Å². The quantitative estimate of drug-likeness (QED) is 0.584. The van der Waals surface area contributed by atoms with Crippen molar-refractivity contribution in [2.45, 2.75) is 68.5 Å². The molecule has 0 aliphatic heterocycles. The van der Waals surface area contributed by atoms with Crippen LogP contribution in [0.15, 0.2) is 0 Å². The zero-order chi connectivity index (χ0) is 14.7. The van der Waals surface area contributed by atoms with Crippen molar-refractivity contribution in [1.29, 1.82) is 0 Å². The van der Waals surface area contributed by atoms with Gasteiger partial charge in [-0.25, -0.2) is 0 Å². The van der Waals surface area contributed by atoms with Gasteiger partial charge in [-0.1, -0.05) is 26.7 Å². The molecule has 110 valence electrons. The molecule has 0 heterocycles. The van der Waals surface area contributed by atoms with Gasteiger partial charge in [0.1, 0.15) is 0 Å². The first-order chi connectivity index (χ1) is 9.11. The van der Waals surface area contributed by atoms with Gasteiger partial charge < -0.3 is 10.6 Å². The van der Waals surface area contributed by atoms with Crippen molar-refractivity contribution >= 4 is 12.8 Å². The third kappa shape index (κ3) is 6.57. The second-order valence-electron chi connectivity index (χ2n) is 5.31. The van der Waals surface area contributed by atoms with Crippen molar-refractivity contribution < 1.29 is 28.7 Å². The molecule has 2 atom stereocenters. The van der Waals surface area contributed by atoms with Crippen LogP contribution in [0.2, 0.25) is 10.5 Å². The van der Waals surface area contributed by atoms with Gasteiger partial charge in [0.25, 0.3) is 0 Å². The van der Waals surface area contributed by atoms with Crippen molar-refractivity contribution in [3.8, 4) is 0 Å². The van der Waals surface area contributed by atoms with Crippen LogP contribution >= 0.6 is 0 Å². The molecule has 0 radical (unpaired) electrons. The molecule has 2 unspecified atom stereocenters. The molecule has 2 amide bonds. The maximum absolute atomic E-state index is 10.5. The average Bonchev–Trinajstić information content (AvgIpc) is 2.40. The fourth-order valence-corrected chi connectivity index (χ4v) is 2.91. The van der Waals surface area contributed by atoms with E-state index in [1.54, 1.807) is 0 Å². The fourth-order valence-electron chi connectivity index (χ4n) is 2.91. The summed E-state index contributed by atoms with van der Waals surface area (Å²) in [5.74, 6) is 0. The van der Waals surface area contributed by atoms with E-state index in [1.807, 2.05) is 0 Å². The van der Waals surface area contributed by atoms with Crippen LogP contribution < -0.4 is 10.6 Å². The minimum absolute atomic E-state index is 0.198. The second-order valence-corrected chi connectivity index (χ2v) is 6.88. The van der Waals surface area contributed by atoms with Crippen LogP contribution in [-0.2, 0) is 28.7 Å². The summed E-state index contributed by atoms with van der Waals surface area (Å²) in [6, 6.07) is 0.396. The molecule has 0 spiro atoms. The maximum atomic E-state index is 10.5. The third-order valence-electron chi connectivity index (χ3n) is 4.04. The van der Waals surface area contributed by atoms with Crippen LogP contribution in [0.3, 0.4) is 0 Å². The van der Waals surface area contributed by atoms with Gasteiger partial charge in [-0.3, -0.25) is 9.59 Å². The predicted molar refractivity (Wildman–Crippen MR) is 74.6 cm³/mol. The first-order valence-corrected chi connectivity index (χ1v) is 10.2. The number of rotatable bonds is 6. The molecule has 1 saturated carbocycles. The van der Waals surface area contributed by atoms with Gasteiger partial charge in [0.05, 0.1) is 0 Å². The summed E-state index contributed by atoms with van der Waals surface area (Å²) in [5.41, 5.74) is 0.263. The monoisotopic (exact) mass is 304 g/mol. The third-order valence-corrected chi connectivity index (χ3v) is 4.04. The van der Waals surface area contributed by atoms with Gasteiger partial charge in [0, 0.05) is 12.1 Å². The summed E-state index contributed by atoms with van der Waals surface area (Å²) < 4.78 is 0. The zero-order valence-corrected chi connectivity index (χ0v) is 14.2. The molecule has 4 nitrogen and oxygen atoms in total. The van der Waals surface area contributed by atoms with E-state index in [0.717, 1.165) is 44.9 Å². The van der Waals surface area contributed by atoms with Gasteiger partial charge in [-0.15, -0.1) is 0 Å². The molecule has 1 aliphatic carbocycles. The molecule has 0 aromatic rings. The Bertz CT molecular complexity index is 238. The number of hydrogen-bond acceptors (Lipinski definition) is 2. The van der Waals surface area contributed by atoms with E-state index in [2.05, 4.69) is 34.9 Å². The van der Waals surface area contributed by atoms with Crippen molar-refractivity contribution in [3.63, 3.8) is 0 Å². The Morgan fingerprint density at radius 1 is 1.05 bits per heavy atom. The molecule has 1 fully saturated rings. The molecule has 1 rings (SSSR count). The number of amides is 2. The van der Waals surface area contributed by atoms with Gasteiger partial charge >= 0.3 is 29.6 Å². The molecule has 5 heteroatoms. The molecule has 2 N–H and O–H groups in total. The van der Waals surface area contributed by atoms with E-state index in [1.165, 1.54) is 0 Å². The van der Waals surface area contributed by atoms with Crippen LogP contribution in [0.5, 0.6) is 0 Å². The molecular formula is C14H28N2O2Ti. The van der Waals surface area contributed by atoms with Gasteiger partial charge in [-0.05, 0) is 24.7 Å². The fraction of sp³-hybridized carbons (Fsp3) is 0.857. The Balaban J connectivity index is 0.000000982. The Labute approximate surface area is 126 Å². The predicted octanol–water partition coefficient (Wildman–Crippen LogP) is 2.37. The van der Waals surface area contributed by atoms with Gasteiger partial charge in [0.2, 0.25) is 12.8 Å². The van der Waals surface area contributed by atoms with E-state index in [-0.39, 0.29) is 17.5 Å². The van der Waals surface area contributed by atoms with Crippen molar-refractivity contribution in [2.24, 2.45) is 5.41 Å². The Morgan fingerprint density at radius 2 is 1.42 bits per heavy atom. The number of carbonyl (C=O) groups is 2. The molecule has 1 aliphatic rings. The summed E-state index contributed by atoms with van der Waals surface area (Å²) in [7, 11) is 0. The van der Waals surface area contributed by atoms with Gasteiger partial charge in [0.15, 0.2) is 0 Å². The Hall–Kier alpha value is -0.346. The van der Waals surface area contributed by atoms with Crippen LogP contribution in [-0.4, -0.2) is 24.9 Å². The topological polar surface area (TPSA) is 58.2 Å². The first-order valence-electron chi connectivity index (χ1n) is 7.09. The molecule has 0 saturated heterocycles. The second kappa shape index (κ2) is 10.4. The van der Waals surface area contributed by atoms with E-state index >= 15 is 0 Å². The molecule has 0 aromatic heterocycles. The van der Waals surface area contributed by atoms with Crippen LogP contribution in [0.1, 0.15) is 46.0 Å². The molecular weight excluding hydrogens is 276 g/mol. The first kappa shape index (κ1) is 18.7. The SMILES string of the molecule is CCC1(CC)CC(NC=O)CC(NC=O)C1.[CH3][Ti][CH3]. The summed E-state index contributed by atoms with van der Waals surface area (Å²) in [5, 5.41) is 10.2. The molecule has 0 aromatic carbocycles. The summed E-state index contributed by atoms with van der Waals surface area (Å²) in [6.45, 7) is 4.37. The zero-order valence-electron chi connectivity index (χ0n) is 12.7. The molecule has 0 bridgehead atoms.